The van der Waals surface area contributed by atoms with Crippen LogP contribution >= 0.6 is 0 Å². The van der Waals surface area contributed by atoms with Gasteiger partial charge in [0.05, 0.1) is 5.56 Å². The molecule has 0 aromatic heterocycles. The fraction of sp³-hybridized carbons (Fsp3) is 0.417. The Morgan fingerprint density at radius 3 is 3.06 bits per heavy atom. The number of carbonyl (C=O) groups is 1. The third-order valence-electron chi connectivity index (χ3n) is 3.32. The first-order chi connectivity index (χ1) is 7.73. The summed E-state index contributed by atoms with van der Waals surface area (Å²) in [4.78, 5) is 11.7. The maximum absolute atomic E-state index is 13.8. The molecule has 0 amide bonds. The Kier molecular flexibility index (Phi) is 2.01. The molecule has 4 heteroatoms. The number of hydrogen-bond donors (Lipinski definition) is 1. The molecule has 1 aromatic rings. The molecule has 1 atom stereocenters. The van der Waals surface area contributed by atoms with Gasteiger partial charge in [0.1, 0.15) is 5.82 Å². The summed E-state index contributed by atoms with van der Waals surface area (Å²) in [5.41, 5.74) is 0.0478. The molecule has 2 aliphatic rings. The molecule has 16 heavy (non-hydrogen) atoms. The van der Waals surface area contributed by atoms with Crippen LogP contribution in [0.1, 0.15) is 28.8 Å². The molecule has 2 heterocycles. The van der Waals surface area contributed by atoms with Gasteiger partial charge in [-0.05, 0) is 31.5 Å². The van der Waals surface area contributed by atoms with Gasteiger partial charge in [-0.3, -0.25) is 0 Å². The first-order valence-electron chi connectivity index (χ1n) is 5.46. The summed E-state index contributed by atoms with van der Waals surface area (Å²) in [5.74, 6) is -0.745. The Morgan fingerprint density at radius 2 is 2.31 bits per heavy atom. The number of ether oxygens (including phenoxy) is 1. The Morgan fingerprint density at radius 1 is 1.44 bits per heavy atom. The highest BCUT2D eigenvalue weighted by Gasteiger charge is 2.48. The minimum Gasteiger partial charge on any atom is -0.449 e. The van der Waals surface area contributed by atoms with Gasteiger partial charge in [0.2, 0.25) is 0 Å². The molecule has 0 saturated carbocycles. The van der Waals surface area contributed by atoms with Crippen molar-refractivity contribution in [2.24, 2.45) is 0 Å². The lowest BCUT2D eigenvalue weighted by atomic mass is 9.85. The van der Waals surface area contributed by atoms with E-state index in [9.17, 15) is 9.18 Å². The van der Waals surface area contributed by atoms with Gasteiger partial charge in [-0.15, -0.1) is 0 Å². The maximum Gasteiger partial charge on any atom is 0.339 e. The molecule has 1 aromatic carbocycles. The van der Waals surface area contributed by atoms with E-state index in [1.165, 1.54) is 6.07 Å². The zero-order chi connectivity index (χ0) is 11.2. The van der Waals surface area contributed by atoms with Crippen molar-refractivity contribution in [1.29, 1.82) is 0 Å². The molecule has 3 nitrogen and oxygen atoms in total. The van der Waals surface area contributed by atoms with Crippen molar-refractivity contribution in [3.05, 3.63) is 35.1 Å². The van der Waals surface area contributed by atoms with E-state index >= 15 is 0 Å². The van der Waals surface area contributed by atoms with Crippen LogP contribution in [0.25, 0.3) is 0 Å². The lowest BCUT2D eigenvalue weighted by Crippen LogP contribution is -2.44. The van der Waals surface area contributed by atoms with E-state index in [4.69, 9.17) is 4.74 Å². The molecule has 84 valence electrons. The second-order valence-electron chi connectivity index (χ2n) is 4.33. The quantitative estimate of drug-likeness (QED) is 0.676. The van der Waals surface area contributed by atoms with Gasteiger partial charge in [0.15, 0.2) is 5.60 Å². The van der Waals surface area contributed by atoms with E-state index in [0.29, 0.717) is 24.1 Å². The smallest absolute Gasteiger partial charge is 0.339 e. The summed E-state index contributed by atoms with van der Waals surface area (Å²) in [6.07, 6.45) is 1.58. The lowest BCUT2D eigenvalue weighted by molar-refractivity contribution is -0.0216. The predicted octanol–water partition coefficient (Wildman–Crippen LogP) is 1.57. The van der Waals surface area contributed by atoms with Gasteiger partial charge < -0.3 is 10.1 Å². The molecular formula is C12H12FNO2. The van der Waals surface area contributed by atoms with Crippen LogP contribution in [-0.2, 0) is 10.3 Å². The predicted molar refractivity (Wildman–Crippen MR) is 55.6 cm³/mol. The largest absolute Gasteiger partial charge is 0.449 e. The summed E-state index contributed by atoms with van der Waals surface area (Å²) >= 11 is 0. The summed E-state index contributed by atoms with van der Waals surface area (Å²) in [6, 6.07) is 4.56. The SMILES string of the molecule is O=C1OC2(CCCNC2)c2c(F)cccc21. The van der Waals surface area contributed by atoms with Crippen LogP contribution in [0.5, 0.6) is 0 Å². The minimum absolute atomic E-state index is 0.341. The monoisotopic (exact) mass is 221 g/mol. The third-order valence-corrected chi connectivity index (χ3v) is 3.32. The van der Waals surface area contributed by atoms with Gasteiger partial charge in [0.25, 0.3) is 0 Å². The van der Waals surface area contributed by atoms with Crippen LogP contribution < -0.4 is 5.32 Å². The second kappa shape index (κ2) is 3.28. The number of rotatable bonds is 0. The molecule has 3 rings (SSSR count). The van der Waals surface area contributed by atoms with Crippen molar-refractivity contribution >= 4 is 5.97 Å². The number of benzene rings is 1. The molecule has 1 N–H and O–H groups in total. The van der Waals surface area contributed by atoms with Crippen molar-refractivity contribution in [1.82, 2.24) is 5.32 Å². The fourth-order valence-electron chi connectivity index (χ4n) is 2.62. The Hall–Kier alpha value is -1.42. The van der Waals surface area contributed by atoms with E-state index in [1.807, 2.05) is 0 Å². The average molecular weight is 221 g/mol. The zero-order valence-corrected chi connectivity index (χ0v) is 8.75. The first kappa shape index (κ1) is 9.78. The van der Waals surface area contributed by atoms with Crippen LogP contribution in [0.4, 0.5) is 4.39 Å². The molecule has 1 saturated heterocycles. The van der Waals surface area contributed by atoms with Crippen molar-refractivity contribution in [2.75, 3.05) is 13.1 Å². The third kappa shape index (κ3) is 1.19. The van der Waals surface area contributed by atoms with Crippen LogP contribution in [0.3, 0.4) is 0 Å². The Bertz CT molecular complexity index is 452. The number of piperidine rings is 1. The van der Waals surface area contributed by atoms with Crippen molar-refractivity contribution in [3.8, 4) is 0 Å². The summed E-state index contributed by atoms with van der Waals surface area (Å²) in [6.45, 7) is 1.40. The highest BCUT2D eigenvalue weighted by molar-refractivity contribution is 5.94. The number of halogens is 1. The molecular weight excluding hydrogens is 209 g/mol. The number of hydrogen-bond acceptors (Lipinski definition) is 3. The maximum atomic E-state index is 13.8. The van der Waals surface area contributed by atoms with E-state index in [-0.39, 0.29) is 5.82 Å². The highest BCUT2D eigenvalue weighted by atomic mass is 19.1. The van der Waals surface area contributed by atoms with Gasteiger partial charge in [-0.2, -0.15) is 0 Å². The minimum atomic E-state index is -0.768. The standard InChI is InChI=1S/C12H12FNO2/c13-9-4-1-3-8-10(9)12(16-11(8)15)5-2-6-14-7-12/h1,3-4,14H,2,5-7H2. The van der Waals surface area contributed by atoms with Gasteiger partial charge in [-0.25, -0.2) is 9.18 Å². The Labute approximate surface area is 92.6 Å². The van der Waals surface area contributed by atoms with Gasteiger partial charge in [-0.1, -0.05) is 6.07 Å². The highest BCUT2D eigenvalue weighted by Crippen LogP contribution is 2.42. The van der Waals surface area contributed by atoms with E-state index in [2.05, 4.69) is 5.32 Å². The van der Waals surface area contributed by atoms with E-state index < -0.39 is 11.6 Å². The second-order valence-corrected chi connectivity index (χ2v) is 4.33. The van der Waals surface area contributed by atoms with Crippen LogP contribution in [0, 0.1) is 5.82 Å². The van der Waals surface area contributed by atoms with Gasteiger partial charge in [0, 0.05) is 12.1 Å². The molecule has 1 fully saturated rings. The molecule has 0 bridgehead atoms. The van der Waals surface area contributed by atoms with Crippen LogP contribution in [0.15, 0.2) is 18.2 Å². The fourth-order valence-corrected chi connectivity index (χ4v) is 2.62. The van der Waals surface area contributed by atoms with Crippen LogP contribution in [-0.4, -0.2) is 19.1 Å². The summed E-state index contributed by atoms with van der Waals surface area (Å²) < 4.78 is 19.2. The molecule has 0 aliphatic carbocycles. The van der Waals surface area contributed by atoms with Crippen molar-refractivity contribution in [2.45, 2.75) is 18.4 Å². The topological polar surface area (TPSA) is 38.3 Å². The molecule has 1 unspecified atom stereocenters. The van der Waals surface area contributed by atoms with E-state index in [1.54, 1.807) is 12.1 Å². The summed E-state index contributed by atoms with van der Waals surface area (Å²) in [7, 11) is 0. The average Bonchev–Trinajstić information content (AvgIpc) is 2.55. The zero-order valence-electron chi connectivity index (χ0n) is 8.75. The number of fused-ring (bicyclic) bond motifs is 2. The van der Waals surface area contributed by atoms with E-state index in [0.717, 1.165) is 13.0 Å². The number of nitrogens with one attached hydrogen (secondary N) is 1. The van der Waals surface area contributed by atoms with Crippen LogP contribution in [0.2, 0.25) is 0 Å². The first-order valence-corrected chi connectivity index (χ1v) is 5.46. The van der Waals surface area contributed by atoms with Crippen molar-refractivity contribution < 1.29 is 13.9 Å². The number of esters is 1. The number of carbonyl (C=O) groups excluding carboxylic acids is 1. The van der Waals surface area contributed by atoms with Crippen molar-refractivity contribution in [3.63, 3.8) is 0 Å². The molecule has 0 radical (unpaired) electrons. The normalized spacial score (nSPS) is 27.9. The molecule has 1 spiro atoms. The summed E-state index contributed by atoms with van der Waals surface area (Å²) in [5, 5.41) is 3.16. The lowest BCUT2D eigenvalue weighted by Gasteiger charge is -2.33. The Balaban J connectivity index is 2.16. The van der Waals surface area contributed by atoms with Gasteiger partial charge >= 0.3 is 5.97 Å². The molecule has 2 aliphatic heterocycles.